The average Bonchev–Trinajstić information content (AvgIpc) is 2.01. The number of carboxylic acid groups (broad SMARTS) is 1. The van der Waals surface area contributed by atoms with E-state index in [1.165, 1.54) is 12.1 Å². The fourth-order valence-corrected chi connectivity index (χ4v) is 1.70. The highest BCUT2D eigenvalue weighted by atomic mass is 79.9. The molecule has 0 radical (unpaired) electrons. The summed E-state index contributed by atoms with van der Waals surface area (Å²) in [5.41, 5.74) is 0.0669. The van der Waals surface area contributed by atoms with E-state index >= 15 is 0 Å². The summed E-state index contributed by atoms with van der Waals surface area (Å²) in [6.45, 7) is 0. The third kappa shape index (κ3) is 2.82. The maximum atomic E-state index is 13.2. The Kier molecular flexibility index (Phi) is 3.66. The molecule has 0 amide bonds. The molecule has 0 aliphatic rings. The van der Waals surface area contributed by atoms with Crippen molar-refractivity contribution in [2.45, 2.75) is 0 Å². The van der Waals surface area contributed by atoms with Crippen molar-refractivity contribution in [3.63, 3.8) is 0 Å². The van der Waals surface area contributed by atoms with Crippen LogP contribution < -0.4 is 0 Å². The van der Waals surface area contributed by atoms with E-state index in [0.717, 1.165) is 12.2 Å². The van der Waals surface area contributed by atoms with Crippen LogP contribution in [0.2, 0.25) is 5.02 Å². The molecule has 0 fully saturated rings. The highest BCUT2D eigenvalue weighted by Crippen LogP contribution is 2.25. The van der Waals surface area contributed by atoms with Gasteiger partial charge in [-0.05, 0) is 18.2 Å². The van der Waals surface area contributed by atoms with E-state index in [0.29, 0.717) is 4.47 Å². The van der Waals surface area contributed by atoms with Gasteiger partial charge in [-0.2, -0.15) is 0 Å². The Hall–Kier alpha value is -0.870. The quantitative estimate of drug-likeness (QED) is 0.843. The minimum Gasteiger partial charge on any atom is -0.478 e. The zero-order chi connectivity index (χ0) is 10.7. The molecular formula is C9H5BrClFO2. The van der Waals surface area contributed by atoms with Crippen LogP contribution in [0.25, 0.3) is 6.08 Å². The van der Waals surface area contributed by atoms with Gasteiger partial charge in [-0.15, -0.1) is 0 Å². The Balaban J connectivity index is 3.15. The van der Waals surface area contributed by atoms with Crippen LogP contribution in [0, 0.1) is 5.82 Å². The summed E-state index contributed by atoms with van der Waals surface area (Å²) in [4.78, 5) is 10.2. The van der Waals surface area contributed by atoms with E-state index < -0.39 is 11.8 Å². The Morgan fingerprint density at radius 3 is 2.71 bits per heavy atom. The lowest BCUT2D eigenvalue weighted by Gasteiger charge is -2.00. The molecule has 0 saturated carbocycles. The van der Waals surface area contributed by atoms with Gasteiger partial charge in [0, 0.05) is 16.1 Å². The number of benzene rings is 1. The van der Waals surface area contributed by atoms with Crippen molar-refractivity contribution in [1.82, 2.24) is 0 Å². The van der Waals surface area contributed by atoms with Gasteiger partial charge in [0.1, 0.15) is 5.82 Å². The summed E-state index contributed by atoms with van der Waals surface area (Å²) in [6.07, 6.45) is 1.95. The second-order valence-electron chi connectivity index (χ2n) is 2.45. The van der Waals surface area contributed by atoms with Crippen molar-refractivity contribution in [3.8, 4) is 0 Å². The van der Waals surface area contributed by atoms with E-state index in [2.05, 4.69) is 15.9 Å². The lowest BCUT2D eigenvalue weighted by Crippen LogP contribution is -1.89. The van der Waals surface area contributed by atoms with Crippen LogP contribution in [-0.4, -0.2) is 11.1 Å². The first-order valence-corrected chi connectivity index (χ1v) is 4.73. The van der Waals surface area contributed by atoms with Crippen LogP contribution in [0.15, 0.2) is 22.7 Å². The minimum absolute atomic E-state index is 0.0669. The number of hydrogen-bond acceptors (Lipinski definition) is 1. The molecule has 0 aliphatic carbocycles. The second-order valence-corrected chi connectivity index (χ2v) is 3.78. The van der Waals surface area contributed by atoms with Crippen LogP contribution in [-0.2, 0) is 4.79 Å². The van der Waals surface area contributed by atoms with Crippen molar-refractivity contribution in [2.24, 2.45) is 0 Å². The first-order chi connectivity index (χ1) is 6.50. The average molecular weight is 279 g/mol. The van der Waals surface area contributed by atoms with E-state index in [4.69, 9.17) is 16.7 Å². The van der Waals surface area contributed by atoms with Gasteiger partial charge in [-0.25, -0.2) is 9.18 Å². The third-order valence-corrected chi connectivity index (χ3v) is 2.21. The first-order valence-electron chi connectivity index (χ1n) is 3.56. The molecule has 0 saturated heterocycles. The van der Waals surface area contributed by atoms with Gasteiger partial charge >= 0.3 is 5.97 Å². The molecule has 74 valence electrons. The number of carboxylic acids is 1. The number of rotatable bonds is 2. The van der Waals surface area contributed by atoms with Gasteiger partial charge in [0.25, 0.3) is 0 Å². The van der Waals surface area contributed by atoms with Crippen LogP contribution in [0.1, 0.15) is 5.56 Å². The number of hydrogen-bond donors (Lipinski definition) is 1. The van der Waals surface area contributed by atoms with Crippen molar-refractivity contribution in [1.29, 1.82) is 0 Å². The lowest BCUT2D eigenvalue weighted by atomic mass is 10.2. The standard InChI is InChI=1S/C9H5BrClFO2/c10-5-3-7(11)6(8(12)4-5)1-2-9(13)14/h1-4H,(H,13,14)/b2-1+. The summed E-state index contributed by atoms with van der Waals surface area (Å²) < 4.78 is 13.7. The van der Waals surface area contributed by atoms with Gasteiger partial charge in [-0.1, -0.05) is 27.5 Å². The molecule has 0 aliphatic heterocycles. The number of carbonyl (C=O) groups is 1. The SMILES string of the molecule is O=C(O)/C=C/c1c(F)cc(Br)cc1Cl. The number of aliphatic carboxylic acids is 1. The maximum absolute atomic E-state index is 13.2. The van der Waals surface area contributed by atoms with Gasteiger partial charge < -0.3 is 5.11 Å². The second kappa shape index (κ2) is 4.57. The molecule has 0 unspecified atom stereocenters. The van der Waals surface area contributed by atoms with Gasteiger partial charge in [-0.3, -0.25) is 0 Å². The molecule has 1 N–H and O–H groups in total. The monoisotopic (exact) mass is 278 g/mol. The molecule has 2 nitrogen and oxygen atoms in total. The predicted molar refractivity (Wildman–Crippen MR) is 55.8 cm³/mol. The summed E-state index contributed by atoms with van der Waals surface area (Å²) >= 11 is 8.77. The zero-order valence-electron chi connectivity index (χ0n) is 6.80. The Bertz CT molecular complexity index is 381. The first kappa shape index (κ1) is 11.2. The molecule has 14 heavy (non-hydrogen) atoms. The molecule has 0 atom stereocenters. The summed E-state index contributed by atoms with van der Waals surface area (Å²) in [6, 6.07) is 2.71. The molecule has 5 heteroatoms. The maximum Gasteiger partial charge on any atom is 0.328 e. The Labute approximate surface area is 93.1 Å². The Morgan fingerprint density at radius 1 is 1.57 bits per heavy atom. The van der Waals surface area contributed by atoms with Crippen molar-refractivity contribution < 1.29 is 14.3 Å². The van der Waals surface area contributed by atoms with Crippen molar-refractivity contribution >= 4 is 39.6 Å². The molecular weight excluding hydrogens is 274 g/mol. The molecule has 1 rings (SSSR count). The fourth-order valence-electron chi connectivity index (χ4n) is 0.867. The smallest absolute Gasteiger partial charge is 0.328 e. The van der Waals surface area contributed by atoms with Gasteiger partial charge in [0.15, 0.2) is 0 Å². The van der Waals surface area contributed by atoms with Crippen LogP contribution >= 0.6 is 27.5 Å². The van der Waals surface area contributed by atoms with E-state index in [9.17, 15) is 9.18 Å². The molecule has 0 spiro atoms. The predicted octanol–water partition coefficient (Wildman–Crippen LogP) is 3.34. The number of halogens is 3. The lowest BCUT2D eigenvalue weighted by molar-refractivity contribution is -0.131. The fraction of sp³-hybridized carbons (Fsp3) is 0. The van der Waals surface area contributed by atoms with Crippen LogP contribution in [0.3, 0.4) is 0 Å². The topological polar surface area (TPSA) is 37.3 Å². The van der Waals surface area contributed by atoms with Gasteiger partial charge in [0.05, 0.1) is 5.02 Å². The van der Waals surface area contributed by atoms with E-state index in [-0.39, 0.29) is 10.6 Å². The minimum atomic E-state index is -1.15. The highest BCUT2D eigenvalue weighted by Gasteiger charge is 2.06. The van der Waals surface area contributed by atoms with Crippen molar-refractivity contribution in [2.75, 3.05) is 0 Å². The van der Waals surface area contributed by atoms with E-state index in [1.807, 2.05) is 0 Å². The van der Waals surface area contributed by atoms with Gasteiger partial charge in [0.2, 0.25) is 0 Å². The van der Waals surface area contributed by atoms with Crippen LogP contribution in [0.4, 0.5) is 4.39 Å². The molecule has 0 bridgehead atoms. The van der Waals surface area contributed by atoms with Crippen molar-refractivity contribution in [3.05, 3.63) is 39.1 Å². The molecule has 1 aromatic carbocycles. The summed E-state index contributed by atoms with van der Waals surface area (Å²) in [7, 11) is 0. The zero-order valence-corrected chi connectivity index (χ0v) is 9.14. The van der Waals surface area contributed by atoms with E-state index in [1.54, 1.807) is 0 Å². The summed E-state index contributed by atoms with van der Waals surface area (Å²) in [5, 5.41) is 8.51. The molecule has 0 heterocycles. The van der Waals surface area contributed by atoms with Crippen LogP contribution in [0.5, 0.6) is 0 Å². The normalized spacial score (nSPS) is 10.8. The Morgan fingerprint density at radius 2 is 2.21 bits per heavy atom. The summed E-state index contributed by atoms with van der Waals surface area (Å²) in [5.74, 6) is -1.72. The highest BCUT2D eigenvalue weighted by molar-refractivity contribution is 9.10. The largest absolute Gasteiger partial charge is 0.478 e. The molecule has 1 aromatic rings. The third-order valence-electron chi connectivity index (χ3n) is 1.44. The molecule has 0 aromatic heterocycles.